The zero-order valence-corrected chi connectivity index (χ0v) is 44.0. The molecule has 5 saturated heterocycles. The van der Waals surface area contributed by atoms with Crippen LogP contribution < -0.4 is 4.74 Å². The molecule has 0 bridgehead atoms. The molecule has 2 unspecified atom stereocenters. The lowest BCUT2D eigenvalue weighted by Gasteiger charge is -2.46. The van der Waals surface area contributed by atoms with Crippen LogP contribution in [0, 0.1) is 12.8 Å². The minimum absolute atomic E-state index is 0.0365. The number of rotatable bonds is 15. The van der Waals surface area contributed by atoms with Crippen LogP contribution in [0.5, 0.6) is 17.2 Å². The minimum atomic E-state index is -1.95. The molecule has 5 fully saturated rings. The molecule has 25 atom stereocenters. The number of fused-ring (bicyclic) bond motifs is 2. The standard InChI is InChI=1S/C52H76O24/c1-18-29(72-34-14-30(43(58)21(4)68-34)73-33-13-28(54)42(57)20(3)67-33)12-26-10-25-11-27(49(66-9)48(63)41(56)19(2)53)50(47(62)39(25)46(61)38(26)40(18)55)76-36-16-31(44(59)23(6)70-36)74-35-15-32(45(60)22(5)69-35)75-37-17-52(8,65)51(64)24(7)71-37/h10,12,19-24,27-28,30-37,41-45,49-51,53-61,64-65H,11,13-17H2,1-9H3/t19?,20?,21-,22-,23-,24-,27+,28-,30-,31-,32-,33+,34+,35+,36+,37+,41+,42-,43-,44-,45+,49+,50+,51-,52+/m1/s1. The molecule has 0 radical (unpaired) electrons. The van der Waals surface area contributed by atoms with Gasteiger partial charge < -0.3 is 108 Å². The molecule has 0 saturated carbocycles. The zero-order valence-electron chi connectivity index (χ0n) is 44.0. The van der Waals surface area contributed by atoms with E-state index in [4.69, 9.17) is 52.1 Å². The van der Waals surface area contributed by atoms with Crippen LogP contribution in [-0.2, 0) is 58.6 Å². The molecule has 11 N–H and O–H groups in total. The van der Waals surface area contributed by atoms with E-state index >= 15 is 4.79 Å². The van der Waals surface area contributed by atoms with E-state index in [9.17, 15) is 61.0 Å². The second kappa shape index (κ2) is 23.4. The third-order valence-corrected chi connectivity index (χ3v) is 15.9. The Kier molecular flexibility index (Phi) is 18.1. The van der Waals surface area contributed by atoms with Crippen LogP contribution in [0.3, 0.4) is 0 Å². The average Bonchev–Trinajstić information content (AvgIpc) is 3.38. The first-order chi connectivity index (χ1) is 35.7. The second-order valence-electron chi connectivity index (χ2n) is 21.7. The van der Waals surface area contributed by atoms with E-state index in [-0.39, 0.29) is 71.7 Å². The summed E-state index contributed by atoms with van der Waals surface area (Å²) in [7, 11) is 1.18. The molecule has 0 aromatic heterocycles. The summed E-state index contributed by atoms with van der Waals surface area (Å²) in [5, 5.41) is 120. The molecule has 5 aliphatic heterocycles. The van der Waals surface area contributed by atoms with E-state index in [2.05, 4.69) is 0 Å². The van der Waals surface area contributed by atoms with Crippen molar-refractivity contribution < 1.29 is 118 Å². The Labute approximate surface area is 439 Å². The number of carbonyl (C=O) groups excluding carboxylic acids is 2. The van der Waals surface area contributed by atoms with Crippen molar-refractivity contribution in [2.24, 2.45) is 5.92 Å². The van der Waals surface area contributed by atoms with E-state index in [0.717, 1.165) is 0 Å². The van der Waals surface area contributed by atoms with Crippen molar-refractivity contribution in [1.29, 1.82) is 0 Å². The van der Waals surface area contributed by atoms with Crippen molar-refractivity contribution in [3.63, 3.8) is 0 Å². The van der Waals surface area contributed by atoms with Gasteiger partial charge in [-0.3, -0.25) is 9.59 Å². The van der Waals surface area contributed by atoms with Crippen molar-refractivity contribution in [3.05, 3.63) is 28.8 Å². The van der Waals surface area contributed by atoms with Crippen LogP contribution >= 0.6 is 0 Å². The predicted octanol–water partition coefficient (Wildman–Crippen LogP) is -0.249. The summed E-state index contributed by atoms with van der Waals surface area (Å²) >= 11 is 0. The van der Waals surface area contributed by atoms with E-state index in [0.29, 0.717) is 0 Å². The number of ketones is 2. The quantitative estimate of drug-likeness (QED) is 0.110. The molecule has 24 nitrogen and oxygen atoms in total. The van der Waals surface area contributed by atoms with Gasteiger partial charge in [-0.05, 0) is 84.9 Å². The number of carbonyl (C=O) groups is 2. The van der Waals surface area contributed by atoms with Gasteiger partial charge in [0.05, 0.1) is 77.6 Å². The highest BCUT2D eigenvalue weighted by atomic mass is 16.7. The second-order valence-corrected chi connectivity index (χ2v) is 21.7. The van der Waals surface area contributed by atoms with Crippen LogP contribution in [0.4, 0.5) is 0 Å². The first-order valence-corrected chi connectivity index (χ1v) is 26.0. The summed E-state index contributed by atoms with van der Waals surface area (Å²) in [4.78, 5) is 28.9. The van der Waals surface area contributed by atoms with Gasteiger partial charge in [-0.25, -0.2) is 0 Å². The summed E-state index contributed by atoms with van der Waals surface area (Å²) in [5.74, 6) is -4.07. The first-order valence-electron chi connectivity index (χ1n) is 26.0. The number of phenolic OH excluding ortho intramolecular Hbond substituents is 2. The number of benzene rings is 2. The molecule has 76 heavy (non-hydrogen) atoms. The zero-order chi connectivity index (χ0) is 55.6. The average molecular weight is 1090 g/mol. The smallest absolute Gasteiger partial charge is 0.202 e. The lowest BCUT2D eigenvalue weighted by atomic mass is 9.75. The molecule has 1 aliphatic carbocycles. The molecule has 0 spiro atoms. The van der Waals surface area contributed by atoms with E-state index in [1.165, 1.54) is 46.9 Å². The first kappa shape index (κ1) is 58.8. The van der Waals surface area contributed by atoms with E-state index in [1.54, 1.807) is 27.7 Å². The molecule has 2 aromatic carbocycles. The van der Waals surface area contributed by atoms with Crippen LogP contribution in [-0.4, -0.2) is 222 Å². The SMILES string of the molecule is CO[C@H](C(=O)[C@@H](O)C(C)O)[C@@H]1Cc2cc3cc(O[C@H]4C[C@@H](O[C@H]5C[C@@H](O)[C@H](O)C(C)O5)[C@H](O)[C@@H](C)O4)c(C)c(O)c3c(O)c2C(=O)[C@H]1O[C@H]1C[C@@H](O[C@H]2C[C@@H](O[C@H]3C[C@](C)(O)[C@H](O)[C@@H](C)O3)[C@@H](O)[C@@H](C)O2)[C@H](O)[C@@H](C)O1. The maximum Gasteiger partial charge on any atom is 0.202 e. The number of hydrogen-bond acceptors (Lipinski definition) is 24. The summed E-state index contributed by atoms with van der Waals surface area (Å²) in [5.41, 5.74) is -1.47. The largest absolute Gasteiger partial charge is 0.507 e. The van der Waals surface area contributed by atoms with Gasteiger partial charge in [0.1, 0.15) is 66.1 Å². The number of Topliss-reactive ketones (excluding diaryl/α,β-unsaturated/α-hetero) is 2. The van der Waals surface area contributed by atoms with Crippen molar-refractivity contribution >= 4 is 22.3 Å². The van der Waals surface area contributed by atoms with Crippen LogP contribution in [0.2, 0.25) is 0 Å². The van der Waals surface area contributed by atoms with Gasteiger partial charge in [0.15, 0.2) is 36.7 Å². The Hall–Kier alpha value is -3.32. The molecule has 428 valence electrons. The highest BCUT2D eigenvalue weighted by Gasteiger charge is 2.51. The van der Waals surface area contributed by atoms with Gasteiger partial charge in [-0.2, -0.15) is 0 Å². The van der Waals surface area contributed by atoms with Crippen LogP contribution in [0.15, 0.2) is 12.1 Å². The van der Waals surface area contributed by atoms with Crippen LogP contribution in [0.25, 0.3) is 10.8 Å². The summed E-state index contributed by atoms with van der Waals surface area (Å²) in [6.07, 6.45) is -27.0. The van der Waals surface area contributed by atoms with E-state index in [1.807, 2.05) is 0 Å². The van der Waals surface area contributed by atoms with Crippen LogP contribution in [0.1, 0.15) is 102 Å². The number of methoxy groups -OCH3 is 1. The molecular weight excluding hydrogens is 1010 g/mol. The Balaban J connectivity index is 1.04. The van der Waals surface area contributed by atoms with Crippen molar-refractivity contribution in [2.45, 2.75) is 241 Å². The van der Waals surface area contributed by atoms with Crippen molar-refractivity contribution in [1.82, 2.24) is 0 Å². The summed E-state index contributed by atoms with van der Waals surface area (Å²) in [6.45, 7) is 12.1. The number of aliphatic hydroxyl groups is 9. The van der Waals surface area contributed by atoms with Gasteiger partial charge in [0.25, 0.3) is 0 Å². The Morgan fingerprint density at radius 3 is 1.70 bits per heavy atom. The molecule has 24 heteroatoms. The van der Waals surface area contributed by atoms with Gasteiger partial charge >= 0.3 is 0 Å². The third-order valence-electron chi connectivity index (χ3n) is 15.9. The van der Waals surface area contributed by atoms with Gasteiger partial charge in [-0.15, -0.1) is 0 Å². The number of aliphatic hydroxyl groups excluding tert-OH is 8. The van der Waals surface area contributed by atoms with Gasteiger partial charge in [0, 0.05) is 50.7 Å². The number of aromatic hydroxyl groups is 2. The normalized spacial score (nSPS) is 42.5. The lowest BCUT2D eigenvalue weighted by molar-refractivity contribution is -0.334. The summed E-state index contributed by atoms with van der Waals surface area (Å²) < 4.78 is 66.5. The van der Waals surface area contributed by atoms with Gasteiger partial charge in [-0.1, -0.05) is 0 Å². The van der Waals surface area contributed by atoms with Crippen molar-refractivity contribution in [2.75, 3.05) is 7.11 Å². The lowest BCUT2D eigenvalue weighted by Crippen LogP contribution is -2.58. The van der Waals surface area contributed by atoms with E-state index < -0.39 is 176 Å². The molecule has 8 rings (SSSR count). The van der Waals surface area contributed by atoms with Gasteiger partial charge in [0.2, 0.25) is 6.29 Å². The molecular formula is C52H76O24. The third kappa shape index (κ3) is 11.9. The number of hydrogen-bond donors (Lipinski definition) is 11. The molecule has 2 aromatic rings. The highest BCUT2D eigenvalue weighted by molar-refractivity contribution is 6.11. The van der Waals surface area contributed by atoms with Crippen molar-refractivity contribution in [3.8, 4) is 17.2 Å². The maximum atomic E-state index is 15.0. The Bertz CT molecular complexity index is 2350. The Morgan fingerprint density at radius 2 is 1.17 bits per heavy atom. The molecule has 5 heterocycles. The summed E-state index contributed by atoms with van der Waals surface area (Å²) in [6, 6.07) is 3.03. The Morgan fingerprint density at radius 1 is 0.684 bits per heavy atom. The molecule has 6 aliphatic rings. The number of ether oxygens (including phenoxy) is 11. The fourth-order valence-corrected chi connectivity index (χ4v) is 11.3. The highest BCUT2D eigenvalue weighted by Crippen LogP contribution is 2.47. The molecule has 0 amide bonds. The fourth-order valence-electron chi connectivity index (χ4n) is 11.3. The monoisotopic (exact) mass is 1080 g/mol. The minimum Gasteiger partial charge on any atom is -0.507 e. The fraction of sp³-hybridized carbons (Fsp3) is 0.769. The number of phenols is 2. The predicted molar refractivity (Wildman–Crippen MR) is 259 cm³/mol. The topological polar surface area (TPSA) is 358 Å². The maximum absolute atomic E-state index is 15.0.